The number of ether oxygens (including phenoxy) is 1. The average molecular weight is 355 g/mol. The van der Waals surface area contributed by atoms with Crippen molar-refractivity contribution in [1.82, 2.24) is 4.90 Å². The Bertz CT molecular complexity index is 713. The fourth-order valence-electron chi connectivity index (χ4n) is 2.81. The van der Waals surface area contributed by atoms with Crippen molar-refractivity contribution in [2.24, 2.45) is 0 Å². The largest absolute Gasteiger partial charge is 0.495 e. The summed E-state index contributed by atoms with van der Waals surface area (Å²) in [5.41, 5.74) is 3.05. The molecule has 2 aromatic carbocycles. The first-order valence-corrected chi connectivity index (χ1v) is 8.90. The molecule has 0 radical (unpaired) electrons. The molecule has 26 heavy (non-hydrogen) atoms. The topological polar surface area (TPSA) is 44.8 Å². The van der Waals surface area contributed by atoms with Crippen LogP contribution in [0.5, 0.6) is 5.75 Å². The van der Waals surface area contributed by atoms with Gasteiger partial charge < -0.3 is 15.0 Å². The van der Waals surface area contributed by atoms with E-state index in [2.05, 4.69) is 46.3 Å². The van der Waals surface area contributed by atoms with Crippen LogP contribution in [0.2, 0.25) is 0 Å². The van der Waals surface area contributed by atoms with E-state index in [1.54, 1.807) is 7.11 Å². The molecule has 5 heteroatoms. The first kappa shape index (κ1) is 19.8. The van der Waals surface area contributed by atoms with Gasteiger partial charge in [0.05, 0.1) is 18.8 Å². The van der Waals surface area contributed by atoms with E-state index in [-0.39, 0.29) is 11.9 Å². The van der Waals surface area contributed by atoms with Crippen molar-refractivity contribution in [1.29, 1.82) is 0 Å². The van der Waals surface area contributed by atoms with Crippen molar-refractivity contribution in [2.45, 2.75) is 26.4 Å². The van der Waals surface area contributed by atoms with Crippen molar-refractivity contribution < 1.29 is 9.53 Å². The number of amides is 1. The summed E-state index contributed by atoms with van der Waals surface area (Å²) in [6.45, 7) is 5.52. The lowest BCUT2D eigenvalue weighted by molar-refractivity contribution is -0.120. The van der Waals surface area contributed by atoms with E-state index < -0.39 is 0 Å². The number of hydrogen-bond donors (Lipinski definition) is 1. The quantitative estimate of drug-likeness (QED) is 0.786. The molecule has 0 bridgehead atoms. The molecular weight excluding hydrogens is 326 g/mol. The smallest absolute Gasteiger partial charge is 0.241 e. The van der Waals surface area contributed by atoms with Gasteiger partial charge >= 0.3 is 0 Å². The van der Waals surface area contributed by atoms with Crippen LogP contribution in [0.3, 0.4) is 0 Å². The van der Waals surface area contributed by atoms with Crippen LogP contribution in [-0.2, 0) is 11.3 Å². The molecule has 0 unspecified atom stereocenters. The van der Waals surface area contributed by atoms with E-state index in [1.165, 1.54) is 11.3 Å². The molecule has 0 aliphatic rings. The Balaban J connectivity index is 2.04. The second-order valence-corrected chi connectivity index (χ2v) is 6.49. The highest BCUT2D eigenvalue weighted by Crippen LogP contribution is 2.23. The third-order valence-electron chi connectivity index (χ3n) is 4.54. The fourth-order valence-corrected chi connectivity index (χ4v) is 2.81. The van der Waals surface area contributed by atoms with E-state index in [4.69, 9.17) is 4.74 Å². The summed E-state index contributed by atoms with van der Waals surface area (Å²) in [4.78, 5) is 16.9. The molecule has 2 rings (SSSR count). The monoisotopic (exact) mass is 355 g/mol. The molecular formula is C21H29N3O2. The van der Waals surface area contributed by atoms with Crippen LogP contribution in [0.25, 0.3) is 0 Å². The Kier molecular flexibility index (Phi) is 7.04. The van der Waals surface area contributed by atoms with Gasteiger partial charge in [0.15, 0.2) is 0 Å². The molecule has 0 heterocycles. The zero-order valence-electron chi connectivity index (χ0n) is 16.3. The van der Waals surface area contributed by atoms with Crippen LogP contribution < -0.4 is 15.0 Å². The SMILES string of the molecule is CCN(Cc1ccc(N(C)C)cc1)[C@@H](C)C(=O)Nc1ccccc1OC. The summed E-state index contributed by atoms with van der Waals surface area (Å²) in [7, 11) is 5.65. The number of hydrogen-bond acceptors (Lipinski definition) is 4. The van der Waals surface area contributed by atoms with Crippen LogP contribution in [-0.4, -0.2) is 44.6 Å². The molecule has 0 fully saturated rings. The van der Waals surface area contributed by atoms with Gasteiger partial charge in [0.25, 0.3) is 0 Å². The Morgan fingerprint density at radius 2 is 1.77 bits per heavy atom. The number of rotatable bonds is 8. The highest BCUT2D eigenvalue weighted by Gasteiger charge is 2.21. The lowest BCUT2D eigenvalue weighted by Crippen LogP contribution is -2.41. The molecule has 0 aliphatic heterocycles. The van der Waals surface area contributed by atoms with Crippen LogP contribution in [0.4, 0.5) is 11.4 Å². The van der Waals surface area contributed by atoms with Crippen LogP contribution in [0.15, 0.2) is 48.5 Å². The number of benzene rings is 2. The van der Waals surface area contributed by atoms with E-state index in [1.807, 2.05) is 45.3 Å². The third kappa shape index (κ3) is 4.99. The van der Waals surface area contributed by atoms with Gasteiger partial charge in [-0.15, -0.1) is 0 Å². The number of nitrogens with one attached hydrogen (secondary N) is 1. The van der Waals surface area contributed by atoms with E-state index in [0.717, 1.165) is 13.1 Å². The van der Waals surface area contributed by atoms with Crippen LogP contribution >= 0.6 is 0 Å². The minimum absolute atomic E-state index is 0.0405. The normalized spacial score (nSPS) is 11.9. The molecule has 0 saturated heterocycles. The second kappa shape index (κ2) is 9.25. The zero-order chi connectivity index (χ0) is 19.1. The molecule has 1 atom stereocenters. The predicted molar refractivity (Wildman–Crippen MR) is 108 cm³/mol. The van der Waals surface area contributed by atoms with Gasteiger partial charge in [-0.1, -0.05) is 31.2 Å². The van der Waals surface area contributed by atoms with Crippen molar-refractivity contribution in [3.63, 3.8) is 0 Å². The van der Waals surface area contributed by atoms with Gasteiger partial charge in [0.2, 0.25) is 5.91 Å². The summed E-state index contributed by atoms with van der Waals surface area (Å²) >= 11 is 0. The van der Waals surface area contributed by atoms with Gasteiger partial charge in [-0.3, -0.25) is 9.69 Å². The molecule has 2 aromatic rings. The number of likely N-dealkylation sites (N-methyl/N-ethyl adjacent to an activating group) is 1. The van der Waals surface area contributed by atoms with Crippen molar-refractivity contribution >= 4 is 17.3 Å². The highest BCUT2D eigenvalue weighted by atomic mass is 16.5. The van der Waals surface area contributed by atoms with Crippen molar-refractivity contribution in [3.8, 4) is 5.75 Å². The Labute approximate surface area is 156 Å². The second-order valence-electron chi connectivity index (χ2n) is 6.49. The summed E-state index contributed by atoms with van der Waals surface area (Å²) in [5, 5.41) is 2.97. The maximum absolute atomic E-state index is 12.7. The Morgan fingerprint density at radius 3 is 2.35 bits per heavy atom. The van der Waals surface area contributed by atoms with Gasteiger partial charge in [-0.25, -0.2) is 0 Å². The molecule has 0 saturated carbocycles. The minimum atomic E-state index is -0.251. The number of methoxy groups -OCH3 is 1. The Morgan fingerprint density at radius 1 is 1.12 bits per heavy atom. The summed E-state index contributed by atoms with van der Waals surface area (Å²) < 4.78 is 5.31. The third-order valence-corrected chi connectivity index (χ3v) is 4.54. The predicted octanol–water partition coefficient (Wildman–Crippen LogP) is 3.61. The number of nitrogens with zero attached hydrogens (tertiary/aromatic N) is 2. The van der Waals surface area contributed by atoms with Crippen LogP contribution in [0.1, 0.15) is 19.4 Å². The highest BCUT2D eigenvalue weighted by molar-refractivity contribution is 5.95. The minimum Gasteiger partial charge on any atom is -0.495 e. The van der Waals surface area contributed by atoms with Gasteiger partial charge in [-0.2, -0.15) is 0 Å². The lowest BCUT2D eigenvalue weighted by Gasteiger charge is -2.27. The van der Waals surface area contributed by atoms with Crippen molar-refractivity contribution in [3.05, 3.63) is 54.1 Å². The Hall–Kier alpha value is -2.53. The molecule has 5 nitrogen and oxygen atoms in total. The maximum atomic E-state index is 12.7. The van der Waals surface area contributed by atoms with Crippen LogP contribution in [0, 0.1) is 0 Å². The number of para-hydroxylation sites is 2. The first-order chi connectivity index (χ1) is 12.5. The summed E-state index contributed by atoms with van der Waals surface area (Å²) in [6.07, 6.45) is 0. The average Bonchev–Trinajstić information content (AvgIpc) is 2.66. The number of anilines is 2. The van der Waals surface area contributed by atoms with Gasteiger partial charge in [0.1, 0.15) is 5.75 Å². The summed E-state index contributed by atoms with van der Waals surface area (Å²) in [5.74, 6) is 0.622. The van der Waals surface area contributed by atoms with E-state index in [9.17, 15) is 4.79 Å². The fraction of sp³-hybridized carbons (Fsp3) is 0.381. The molecule has 140 valence electrons. The number of carbonyl (C=O) groups excluding carboxylic acids is 1. The molecule has 1 amide bonds. The van der Waals surface area contributed by atoms with Gasteiger partial charge in [-0.05, 0) is 43.3 Å². The van der Waals surface area contributed by atoms with Gasteiger partial charge in [0, 0.05) is 26.3 Å². The maximum Gasteiger partial charge on any atom is 0.241 e. The standard InChI is InChI=1S/C21H29N3O2/c1-6-24(15-17-11-13-18(14-12-17)23(3)4)16(2)21(25)22-19-9-7-8-10-20(19)26-5/h7-14,16H,6,15H2,1-5H3,(H,22,25)/t16-/m0/s1. The zero-order valence-corrected chi connectivity index (χ0v) is 16.3. The van der Waals surface area contributed by atoms with Crippen molar-refractivity contribution in [2.75, 3.05) is 38.0 Å². The molecule has 0 spiro atoms. The lowest BCUT2D eigenvalue weighted by atomic mass is 10.1. The number of carbonyl (C=O) groups is 1. The van der Waals surface area contributed by atoms with E-state index >= 15 is 0 Å². The first-order valence-electron chi connectivity index (χ1n) is 8.90. The van der Waals surface area contributed by atoms with E-state index in [0.29, 0.717) is 11.4 Å². The molecule has 0 aliphatic carbocycles. The molecule has 0 aromatic heterocycles. The summed E-state index contributed by atoms with van der Waals surface area (Å²) in [6, 6.07) is 15.6. The molecule has 1 N–H and O–H groups in total.